The Kier molecular flexibility index (Phi) is 2.69. The Morgan fingerprint density at radius 2 is 1.18 bits per heavy atom. The number of hydrogen-bond donors (Lipinski definition) is 0. The van der Waals surface area contributed by atoms with E-state index >= 15 is 0 Å². The van der Waals surface area contributed by atoms with E-state index in [0.29, 0.717) is 0 Å². The summed E-state index contributed by atoms with van der Waals surface area (Å²) >= 11 is 0. The van der Waals surface area contributed by atoms with Gasteiger partial charge in [-0.2, -0.15) is 0 Å². The molecule has 1 unspecified atom stereocenters. The molecule has 0 spiro atoms. The summed E-state index contributed by atoms with van der Waals surface area (Å²) in [4.78, 5) is 5.74. The number of nitrogens with zero attached hydrogens (tertiary/aromatic N) is 2. The molecule has 4 aliphatic heterocycles. The monoisotopic (exact) mass is 234 g/mol. The first-order chi connectivity index (χ1) is 8.42. The van der Waals surface area contributed by atoms with E-state index in [9.17, 15) is 0 Å². The zero-order chi connectivity index (χ0) is 11.2. The van der Waals surface area contributed by atoms with Crippen LogP contribution in [0, 0.1) is 11.8 Å². The summed E-state index contributed by atoms with van der Waals surface area (Å²) in [6.07, 6.45) is 10.5. The third kappa shape index (κ3) is 1.76. The van der Waals surface area contributed by atoms with Gasteiger partial charge in [-0.3, -0.25) is 9.80 Å². The Hall–Kier alpha value is -0.0800. The van der Waals surface area contributed by atoms with E-state index in [4.69, 9.17) is 0 Å². The maximum atomic E-state index is 2.87. The third-order valence-electron chi connectivity index (χ3n) is 5.96. The molecule has 4 fully saturated rings. The summed E-state index contributed by atoms with van der Waals surface area (Å²) in [6.45, 7) is 5.68. The molecular weight excluding hydrogens is 208 g/mol. The zero-order valence-electron chi connectivity index (χ0n) is 11.0. The van der Waals surface area contributed by atoms with Gasteiger partial charge in [0.05, 0.1) is 0 Å². The first kappa shape index (κ1) is 10.8. The van der Waals surface area contributed by atoms with Crippen molar-refractivity contribution in [2.45, 2.75) is 57.0 Å². The zero-order valence-corrected chi connectivity index (χ0v) is 11.0. The molecule has 0 N–H and O–H groups in total. The van der Waals surface area contributed by atoms with Crippen molar-refractivity contribution < 1.29 is 0 Å². The van der Waals surface area contributed by atoms with E-state index in [1.165, 1.54) is 64.7 Å². The largest absolute Gasteiger partial charge is 0.300 e. The average Bonchev–Trinajstić information content (AvgIpc) is 2.39. The minimum absolute atomic E-state index is 0.961. The summed E-state index contributed by atoms with van der Waals surface area (Å²) in [5, 5.41) is 0. The van der Waals surface area contributed by atoms with Gasteiger partial charge in [-0.25, -0.2) is 0 Å². The highest BCUT2D eigenvalue weighted by Crippen LogP contribution is 2.42. The van der Waals surface area contributed by atoms with Crippen LogP contribution >= 0.6 is 0 Å². The van der Waals surface area contributed by atoms with Crippen molar-refractivity contribution >= 4 is 0 Å². The second-order valence-corrected chi connectivity index (χ2v) is 6.87. The van der Waals surface area contributed by atoms with Gasteiger partial charge >= 0.3 is 0 Å². The van der Waals surface area contributed by atoms with E-state index in [-0.39, 0.29) is 0 Å². The molecule has 2 bridgehead atoms. The van der Waals surface area contributed by atoms with Crippen LogP contribution < -0.4 is 0 Å². The van der Waals surface area contributed by atoms with Crippen molar-refractivity contribution in [2.75, 3.05) is 26.2 Å². The van der Waals surface area contributed by atoms with Gasteiger partial charge in [-0.1, -0.05) is 12.8 Å². The molecule has 0 amide bonds. The molecular formula is C15H26N2. The number of rotatable bonds is 0. The van der Waals surface area contributed by atoms with E-state index in [1.807, 2.05) is 0 Å². The molecule has 4 saturated heterocycles. The van der Waals surface area contributed by atoms with Crippen LogP contribution in [-0.2, 0) is 0 Å². The highest BCUT2D eigenvalue weighted by atomic mass is 15.3. The molecule has 0 saturated carbocycles. The summed E-state index contributed by atoms with van der Waals surface area (Å²) in [6, 6.07) is 1.92. The van der Waals surface area contributed by atoms with E-state index in [1.54, 1.807) is 6.42 Å². The van der Waals surface area contributed by atoms with Crippen molar-refractivity contribution in [3.8, 4) is 0 Å². The fourth-order valence-electron chi connectivity index (χ4n) is 5.25. The summed E-state index contributed by atoms with van der Waals surface area (Å²) < 4.78 is 0. The second-order valence-electron chi connectivity index (χ2n) is 6.87. The molecule has 4 atom stereocenters. The normalized spacial score (nSPS) is 47.3. The van der Waals surface area contributed by atoms with E-state index in [0.717, 1.165) is 23.9 Å². The van der Waals surface area contributed by atoms with Gasteiger partial charge in [0.25, 0.3) is 0 Å². The van der Waals surface area contributed by atoms with Crippen molar-refractivity contribution in [2.24, 2.45) is 11.8 Å². The molecule has 17 heavy (non-hydrogen) atoms. The predicted octanol–water partition coefficient (Wildman–Crippen LogP) is 2.35. The lowest BCUT2D eigenvalue weighted by Crippen LogP contribution is -2.63. The smallest absolute Gasteiger partial charge is 0.0136 e. The summed E-state index contributed by atoms with van der Waals surface area (Å²) in [5.74, 6) is 2.03. The van der Waals surface area contributed by atoms with Crippen LogP contribution in [0.3, 0.4) is 0 Å². The van der Waals surface area contributed by atoms with Gasteiger partial charge in [0.2, 0.25) is 0 Å². The van der Waals surface area contributed by atoms with Gasteiger partial charge in [-0.05, 0) is 57.0 Å². The van der Waals surface area contributed by atoms with Gasteiger partial charge in [0, 0.05) is 25.2 Å². The highest BCUT2D eigenvalue weighted by Gasteiger charge is 2.46. The SMILES string of the molecule is C1CCN2C[C@H]3CC(CN4CCCC[C@H]34)[C@H]2C1. The van der Waals surface area contributed by atoms with Crippen molar-refractivity contribution in [3.63, 3.8) is 0 Å². The van der Waals surface area contributed by atoms with Crippen LogP contribution in [0.15, 0.2) is 0 Å². The lowest BCUT2D eigenvalue weighted by Gasteiger charge is -2.57. The predicted molar refractivity (Wildman–Crippen MR) is 70.0 cm³/mol. The minimum Gasteiger partial charge on any atom is -0.300 e. The molecule has 0 aromatic rings. The topological polar surface area (TPSA) is 6.48 Å². The lowest BCUT2D eigenvalue weighted by atomic mass is 9.71. The maximum Gasteiger partial charge on any atom is 0.0136 e. The van der Waals surface area contributed by atoms with Crippen LogP contribution in [0.4, 0.5) is 0 Å². The van der Waals surface area contributed by atoms with Crippen molar-refractivity contribution in [3.05, 3.63) is 0 Å². The quantitative estimate of drug-likeness (QED) is 0.635. The van der Waals surface area contributed by atoms with Gasteiger partial charge < -0.3 is 0 Å². The Balaban J connectivity index is 1.56. The summed E-state index contributed by atoms with van der Waals surface area (Å²) in [7, 11) is 0. The number of hydrogen-bond acceptors (Lipinski definition) is 2. The van der Waals surface area contributed by atoms with E-state index < -0.39 is 0 Å². The maximum absolute atomic E-state index is 2.87. The lowest BCUT2D eigenvalue weighted by molar-refractivity contribution is -0.0718. The molecule has 0 aliphatic carbocycles. The first-order valence-electron chi connectivity index (χ1n) is 7.90. The van der Waals surface area contributed by atoms with Crippen LogP contribution in [0.1, 0.15) is 44.9 Å². The van der Waals surface area contributed by atoms with E-state index in [2.05, 4.69) is 9.80 Å². The number of fused-ring (bicyclic) bond motifs is 6. The van der Waals surface area contributed by atoms with Gasteiger partial charge in [0.1, 0.15) is 0 Å². The van der Waals surface area contributed by atoms with Crippen LogP contribution in [0.25, 0.3) is 0 Å². The Labute approximate surface area is 105 Å². The van der Waals surface area contributed by atoms with Crippen molar-refractivity contribution in [1.82, 2.24) is 9.80 Å². The van der Waals surface area contributed by atoms with Crippen LogP contribution in [0.2, 0.25) is 0 Å². The Morgan fingerprint density at radius 1 is 0.647 bits per heavy atom. The molecule has 0 aromatic carbocycles. The van der Waals surface area contributed by atoms with Gasteiger partial charge in [0.15, 0.2) is 0 Å². The highest BCUT2D eigenvalue weighted by molar-refractivity contribution is 5.00. The molecule has 4 rings (SSSR count). The average molecular weight is 234 g/mol. The third-order valence-corrected chi connectivity index (χ3v) is 5.96. The Bertz CT molecular complexity index is 263. The first-order valence-corrected chi connectivity index (χ1v) is 7.90. The minimum atomic E-state index is 0.961. The van der Waals surface area contributed by atoms with Crippen LogP contribution in [0.5, 0.6) is 0 Å². The molecule has 2 nitrogen and oxygen atoms in total. The molecule has 0 radical (unpaired) electrons. The molecule has 2 heteroatoms. The Morgan fingerprint density at radius 3 is 1.71 bits per heavy atom. The van der Waals surface area contributed by atoms with Gasteiger partial charge in [-0.15, -0.1) is 0 Å². The fraction of sp³-hybridized carbons (Fsp3) is 1.00. The second kappa shape index (κ2) is 4.24. The van der Waals surface area contributed by atoms with Crippen LogP contribution in [-0.4, -0.2) is 48.1 Å². The number of piperidine rings is 4. The van der Waals surface area contributed by atoms with Crippen molar-refractivity contribution in [1.29, 1.82) is 0 Å². The summed E-state index contributed by atoms with van der Waals surface area (Å²) in [5.41, 5.74) is 0. The molecule has 0 aromatic heterocycles. The molecule has 4 aliphatic rings. The standard InChI is InChI=1S/C15H26N2/c1-3-7-16-11-13-9-12(14(16)5-1)10-17-8-4-2-6-15(13)17/h12-15H,1-11H2/t12-,13?,14-,15-/m1/s1. The fourth-order valence-corrected chi connectivity index (χ4v) is 5.25. The molecule has 96 valence electrons. The molecule has 4 heterocycles.